The van der Waals surface area contributed by atoms with Gasteiger partial charge >= 0.3 is 0 Å². The molecule has 10 heteroatoms. The molecule has 7 nitrogen and oxygen atoms in total. The Balaban J connectivity index is 1.99. The van der Waals surface area contributed by atoms with Crippen molar-refractivity contribution in [1.82, 2.24) is 20.1 Å². The van der Waals surface area contributed by atoms with Crippen LogP contribution in [0.5, 0.6) is 5.75 Å². The Morgan fingerprint density at radius 2 is 1.94 bits per heavy atom. The summed E-state index contributed by atoms with van der Waals surface area (Å²) in [5.74, 6) is 1.17. The van der Waals surface area contributed by atoms with E-state index in [1.165, 1.54) is 11.8 Å². The van der Waals surface area contributed by atoms with Gasteiger partial charge in [0.05, 0.1) is 25.2 Å². The standard InChI is InChI=1S/C21H22Cl2N4O3S/c1-13(11-29-2)24-19(28)12-31-21-26-25-20(14-5-4-6-15(22)9-14)27(21)17-10-16(23)7-8-18(17)30-3/h4-10,13H,11-12H2,1-3H3,(H,24,28). The summed E-state index contributed by atoms with van der Waals surface area (Å²) in [6.45, 7) is 2.31. The zero-order chi connectivity index (χ0) is 22.4. The number of nitrogens with zero attached hydrogens (tertiary/aromatic N) is 3. The van der Waals surface area contributed by atoms with Crippen LogP contribution in [0.2, 0.25) is 10.0 Å². The van der Waals surface area contributed by atoms with Crippen LogP contribution < -0.4 is 10.1 Å². The maximum atomic E-state index is 12.3. The summed E-state index contributed by atoms with van der Waals surface area (Å²) in [5.41, 5.74) is 1.43. The van der Waals surface area contributed by atoms with Gasteiger partial charge in [-0.25, -0.2) is 0 Å². The first-order valence-corrected chi connectivity index (χ1v) is 11.1. The highest BCUT2D eigenvalue weighted by molar-refractivity contribution is 7.99. The highest BCUT2D eigenvalue weighted by Gasteiger charge is 2.21. The van der Waals surface area contributed by atoms with E-state index in [0.29, 0.717) is 39.1 Å². The number of halogens is 2. The number of nitrogens with one attached hydrogen (secondary N) is 1. The van der Waals surface area contributed by atoms with Crippen LogP contribution in [0.1, 0.15) is 6.92 Å². The molecule has 3 rings (SSSR count). The molecule has 0 saturated heterocycles. The lowest BCUT2D eigenvalue weighted by molar-refractivity contribution is -0.119. The van der Waals surface area contributed by atoms with Crippen LogP contribution in [0, 0.1) is 0 Å². The van der Waals surface area contributed by atoms with Crippen molar-refractivity contribution in [3.05, 3.63) is 52.5 Å². The predicted molar refractivity (Wildman–Crippen MR) is 124 cm³/mol. The fourth-order valence-corrected chi connectivity index (χ4v) is 4.08. The quantitative estimate of drug-likeness (QED) is 0.454. The molecule has 0 fully saturated rings. The van der Waals surface area contributed by atoms with Crippen molar-refractivity contribution in [3.8, 4) is 22.8 Å². The van der Waals surface area contributed by atoms with Gasteiger partial charge in [-0.05, 0) is 37.3 Å². The molecule has 0 aliphatic carbocycles. The first-order valence-electron chi connectivity index (χ1n) is 9.39. The number of thioether (sulfide) groups is 1. The van der Waals surface area contributed by atoms with Gasteiger partial charge in [-0.2, -0.15) is 0 Å². The highest BCUT2D eigenvalue weighted by Crippen LogP contribution is 2.34. The van der Waals surface area contributed by atoms with E-state index >= 15 is 0 Å². The molecule has 2 aromatic carbocycles. The van der Waals surface area contributed by atoms with E-state index in [1.54, 1.807) is 44.6 Å². The number of aromatic nitrogens is 3. The van der Waals surface area contributed by atoms with Crippen molar-refractivity contribution in [3.63, 3.8) is 0 Å². The fourth-order valence-electron chi connectivity index (χ4n) is 2.97. The molecule has 1 unspecified atom stereocenters. The Kier molecular flexibility index (Phi) is 8.20. The van der Waals surface area contributed by atoms with Crippen LogP contribution >= 0.6 is 35.0 Å². The first kappa shape index (κ1) is 23.4. The minimum Gasteiger partial charge on any atom is -0.495 e. The maximum absolute atomic E-state index is 12.3. The molecular formula is C21H22Cl2N4O3S. The van der Waals surface area contributed by atoms with Crippen LogP contribution in [0.4, 0.5) is 0 Å². The number of hydrogen-bond acceptors (Lipinski definition) is 6. The van der Waals surface area contributed by atoms with Gasteiger partial charge in [-0.1, -0.05) is 47.1 Å². The molecule has 0 spiro atoms. The van der Waals surface area contributed by atoms with Gasteiger partial charge in [-0.15, -0.1) is 10.2 Å². The molecule has 3 aromatic rings. The van der Waals surface area contributed by atoms with Crippen LogP contribution in [0.3, 0.4) is 0 Å². The van der Waals surface area contributed by atoms with Gasteiger partial charge in [0, 0.05) is 28.8 Å². The lowest BCUT2D eigenvalue weighted by atomic mass is 10.2. The number of benzene rings is 2. The molecule has 1 atom stereocenters. The number of ether oxygens (including phenoxy) is 2. The summed E-state index contributed by atoms with van der Waals surface area (Å²) >= 11 is 13.7. The van der Waals surface area contributed by atoms with Crippen molar-refractivity contribution >= 4 is 40.9 Å². The minimum absolute atomic E-state index is 0.0917. The van der Waals surface area contributed by atoms with Crippen LogP contribution in [0.25, 0.3) is 17.1 Å². The van der Waals surface area contributed by atoms with Gasteiger partial charge in [0.25, 0.3) is 0 Å². The second-order valence-corrected chi connectivity index (χ2v) is 8.50. The van der Waals surface area contributed by atoms with E-state index in [1.807, 2.05) is 23.6 Å². The topological polar surface area (TPSA) is 78.3 Å². The Morgan fingerprint density at radius 3 is 2.65 bits per heavy atom. The van der Waals surface area contributed by atoms with Gasteiger partial charge < -0.3 is 14.8 Å². The molecule has 0 saturated carbocycles. The molecule has 1 amide bonds. The third kappa shape index (κ3) is 5.92. The SMILES string of the molecule is COCC(C)NC(=O)CSc1nnc(-c2cccc(Cl)c2)n1-c1cc(Cl)ccc1OC. The monoisotopic (exact) mass is 480 g/mol. The van der Waals surface area contributed by atoms with Crippen LogP contribution in [0.15, 0.2) is 47.6 Å². The lowest BCUT2D eigenvalue weighted by Gasteiger charge is -2.15. The van der Waals surface area contributed by atoms with Gasteiger partial charge in [0.1, 0.15) is 5.75 Å². The van der Waals surface area contributed by atoms with E-state index in [2.05, 4.69) is 15.5 Å². The van der Waals surface area contributed by atoms with Crippen molar-refractivity contribution in [2.24, 2.45) is 0 Å². The van der Waals surface area contributed by atoms with Crippen molar-refractivity contribution in [2.45, 2.75) is 18.1 Å². The first-order chi connectivity index (χ1) is 14.9. The Labute approximate surface area is 195 Å². The maximum Gasteiger partial charge on any atom is 0.230 e. The molecular weight excluding hydrogens is 459 g/mol. The third-order valence-corrected chi connectivity index (χ3v) is 5.65. The van der Waals surface area contributed by atoms with E-state index in [0.717, 1.165) is 5.56 Å². The van der Waals surface area contributed by atoms with Gasteiger partial charge in [0.2, 0.25) is 5.91 Å². The van der Waals surface area contributed by atoms with Crippen LogP contribution in [-0.2, 0) is 9.53 Å². The molecule has 0 aliphatic heterocycles. The molecule has 164 valence electrons. The number of rotatable bonds is 9. The summed E-state index contributed by atoms with van der Waals surface area (Å²) in [4.78, 5) is 12.3. The van der Waals surface area contributed by atoms with Gasteiger partial charge in [-0.3, -0.25) is 9.36 Å². The number of methoxy groups -OCH3 is 2. The number of carbonyl (C=O) groups is 1. The molecule has 0 bridgehead atoms. The van der Waals surface area contributed by atoms with Crippen molar-refractivity contribution in [1.29, 1.82) is 0 Å². The smallest absolute Gasteiger partial charge is 0.230 e. The molecule has 0 radical (unpaired) electrons. The second-order valence-electron chi connectivity index (χ2n) is 6.68. The normalized spacial score (nSPS) is 11.9. The van der Waals surface area contributed by atoms with E-state index in [4.69, 9.17) is 32.7 Å². The third-order valence-electron chi connectivity index (χ3n) is 4.25. The summed E-state index contributed by atoms with van der Waals surface area (Å²) in [6, 6.07) is 12.5. The molecule has 1 aromatic heterocycles. The van der Waals surface area contributed by atoms with Crippen molar-refractivity contribution in [2.75, 3.05) is 26.6 Å². The number of hydrogen-bond donors (Lipinski definition) is 1. The van der Waals surface area contributed by atoms with Crippen molar-refractivity contribution < 1.29 is 14.3 Å². The van der Waals surface area contributed by atoms with E-state index in [-0.39, 0.29) is 17.7 Å². The van der Waals surface area contributed by atoms with Gasteiger partial charge in [0.15, 0.2) is 11.0 Å². The number of amides is 1. The average Bonchev–Trinajstić information content (AvgIpc) is 3.16. The zero-order valence-electron chi connectivity index (χ0n) is 17.3. The summed E-state index contributed by atoms with van der Waals surface area (Å²) in [6.07, 6.45) is 0. The van der Waals surface area contributed by atoms with Crippen LogP contribution in [-0.4, -0.2) is 53.3 Å². The Morgan fingerprint density at radius 1 is 1.16 bits per heavy atom. The van der Waals surface area contributed by atoms with E-state index in [9.17, 15) is 4.79 Å². The molecule has 1 N–H and O–H groups in total. The minimum atomic E-state index is -0.133. The largest absolute Gasteiger partial charge is 0.495 e. The number of carbonyl (C=O) groups excluding carboxylic acids is 1. The molecule has 1 heterocycles. The Hall–Kier alpha value is -2.26. The Bertz CT molecular complexity index is 1060. The summed E-state index contributed by atoms with van der Waals surface area (Å²) in [5, 5.41) is 13.2. The molecule has 31 heavy (non-hydrogen) atoms. The second kappa shape index (κ2) is 10.9. The molecule has 0 aliphatic rings. The lowest BCUT2D eigenvalue weighted by Crippen LogP contribution is -2.36. The average molecular weight is 481 g/mol. The highest BCUT2D eigenvalue weighted by atomic mass is 35.5. The fraction of sp³-hybridized carbons (Fsp3) is 0.286. The summed E-state index contributed by atoms with van der Waals surface area (Å²) in [7, 11) is 3.17. The predicted octanol–water partition coefficient (Wildman–Crippen LogP) is 4.49. The summed E-state index contributed by atoms with van der Waals surface area (Å²) < 4.78 is 12.4. The zero-order valence-corrected chi connectivity index (χ0v) is 19.6. The van der Waals surface area contributed by atoms with E-state index < -0.39 is 0 Å².